The molecule has 2 aromatic rings. The number of amides is 1. The number of carbonyl (C=O) groups excluding carboxylic acids is 1. The van der Waals surface area contributed by atoms with Gasteiger partial charge < -0.3 is 19.5 Å². The van der Waals surface area contributed by atoms with Crippen LogP contribution in [-0.2, 0) is 14.8 Å². The van der Waals surface area contributed by atoms with E-state index in [0.717, 1.165) is 30.2 Å². The van der Waals surface area contributed by atoms with Gasteiger partial charge in [-0.2, -0.15) is 0 Å². The van der Waals surface area contributed by atoms with Crippen LogP contribution in [0.1, 0.15) is 46.7 Å². The number of halogens is 1. The van der Waals surface area contributed by atoms with Crippen molar-refractivity contribution in [3.8, 4) is 5.75 Å². The van der Waals surface area contributed by atoms with E-state index >= 15 is 0 Å². The molecule has 2 fully saturated rings. The molecule has 5 rings (SSSR count). The summed E-state index contributed by atoms with van der Waals surface area (Å²) in [6.45, 7) is 0.817. The summed E-state index contributed by atoms with van der Waals surface area (Å²) in [6.07, 6.45) is 4.11. The first-order valence-corrected chi connectivity index (χ1v) is 13.1. The highest BCUT2D eigenvalue weighted by Crippen LogP contribution is 2.55. The number of rotatable bonds is 6. The molecule has 1 aliphatic carbocycles. The number of anilines is 1. The molecule has 0 spiro atoms. The Morgan fingerprint density at radius 1 is 1.28 bits per heavy atom. The van der Waals surface area contributed by atoms with Crippen LogP contribution in [0.25, 0.3) is 6.08 Å². The Labute approximate surface area is 207 Å². The van der Waals surface area contributed by atoms with Crippen molar-refractivity contribution in [3.63, 3.8) is 0 Å². The normalized spacial score (nSPS) is 22.5. The molecular formula is C25H25FN2O7S. The molecule has 3 atom stereocenters. The van der Waals surface area contributed by atoms with E-state index in [1.54, 1.807) is 12.1 Å². The highest BCUT2D eigenvalue weighted by Gasteiger charge is 2.45. The Balaban J connectivity index is 1.50. The van der Waals surface area contributed by atoms with Crippen LogP contribution < -0.4 is 9.46 Å². The van der Waals surface area contributed by atoms with Crippen LogP contribution in [0, 0.1) is 11.7 Å². The van der Waals surface area contributed by atoms with Gasteiger partial charge in [-0.05, 0) is 60.6 Å². The number of hydrogen-bond acceptors (Lipinski definition) is 6. The van der Waals surface area contributed by atoms with Crippen molar-refractivity contribution in [1.29, 1.82) is 0 Å². The van der Waals surface area contributed by atoms with Crippen molar-refractivity contribution >= 4 is 33.8 Å². The van der Waals surface area contributed by atoms with Gasteiger partial charge in [0.2, 0.25) is 0 Å². The van der Waals surface area contributed by atoms with Crippen molar-refractivity contribution in [3.05, 3.63) is 58.9 Å². The Morgan fingerprint density at radius 2 is 2.08 bits per heavy atom. The van der Waals surface area contributed by atoms with Crippen LogP contribution >= 0.6 is 0 Å². The van der Waals surface area contributed by atoms with Gasteiger partial charge in [0.1, 0.15) is 17.1 Å². The number of nitrogens with zero attached hydrogens (tertiary/aromatic N) is 1. The van der Waals surface area contributed by atoms with E-state index in [1.165, 1.54) is 24.2 Å². The molecule has 9 nitrogen and oxygen atoms in total. The van der Waals surface area contributed by atoms with Crippen LogP contribution in [0.4, 0.5) is 14.9 Å². The van der Waals surface area contributed by atoms with Crippen LogP contribution in [0.2, 0.25) is 0 Å². The summed E-state index contributed by atoms with van der Waals surface area (Å²) in [5, 5.41) is 9.35. The minimum absolute atomic E-state index is 0.00759. The van der Waals surface area contributed by atoms with Crippen LogP contribution in [0.5, 0.6) is 5.75 Å². The van der Waals surface area contributed by atoms with Gasteiger partial charge in [0.05, 0.1) is 30.3 Å². The number of likely N-dealkylation sites (tertiary alicyclic amines) is 1. The van der Waals surface area contributed by atoms with Gasteiger partial charge in [-0.25, -0.2) is 22.4 Å². The molecule has 0 radical (unpaired) electrons. The van der Waals surface area contributed by atoms with Gasteiger partial charge in [0.25, 0.3) is 10.0 Å². The summed E-state index contributed by atoms with van der Waals surface area (Å²) in [4.78, 5) is 25.1. The minimum atomic E-state index is -4.29. The maximum Gasteiger partial charge on any atom is 0.407 e. The molecule has 3 aliphatic rings. The monoisotopic (exact) mass is 516 g/mol. The summed E-state index contributed by atoms with van der Waals surface area (Å²) in [5.74, 6) is -0.395. The number of ether oxygens (including phenoxy) is 2. The Kier molecular flexibility index (Phi) is 6.11. The van der Waals surface area contributed by atoms with Crippen molar-refractivity contribution < 1.29 is 37.0 Å². The second kappa shape index (κ2) is 9.12. The zero-order valence-corrected chi connectivity index (χ0v) is 20.3. The highest BCUT2D eigenvalue weighted by atomic mass is 32.2. The summed E-state index contributed by atoms with van der Waals surface area (Å²) in [7, 11) is -3.09. The van der Waals surface area contributed by atoms with Gasteiger partial charge in [-0.1, -0.05) is 18.2 Å². The fraction of sp³-hybridized carbons (Fsp3) is 0.360. The molecule has 2 aliphatic heterocycles. The smallest absolute Gasteiger partial charge is 0.407 e. The lowest BCUT2D eigenvalue weighted by Gasteiger charge is -2.22. The molecule has 11 heteroatoms. The van der Waals surface area contributed by atoms with E-state index < -0.39 is 33.9 Å². The lowest BCUT2D eigenvalue weighted by molar-refractivity contribution is 0.0596. The second-order valence-electron chi connectivity index (χ2n) is 9.14. The number of carboxylic acid groups (broad SMARTS) is 1. The average Bonchev–Trinajstić information content (AvgIpc) is 3.49. The molecule has 0 bridgehead atoms. The maximum atomic E-state index is 14.1. The summed E-state index contributed by atoms with van der Waals surface area (Å²) >= 11 is 0. The van der Waals surface area contributed by atoms with Gasteiger partial charge in [-0.15, -0.1) is 0 Å². The van der Waals surface area contributed by atoms with Gasteiger partial charge in [0, 0.05) is 12.5 Å². The van der Waals surface area contributed by atoms with Crippen LogP contribution in [0.15, 0.2) is 41.3 Å². The summed E-state index contributed by atoms with van der Waals surface area (Å²) < 4.78 is 54.1. The highest BCUT2D eigenvalue weighted by molar-refractivity contribution is 7.92. The molecule has 0 aromatic heterocycles. The number of hydrogen-bond donors (Lipinski definition) is 2. The first-order valence-electron chi connectivity index (χ1n) is 11.6. The largest absolute Gasteiger partial charge is 0.492 e. The molecule has 2 N–H and O–H groups in total. The third-order valence-corrected chi connectivity index (χ3v) is 8.33. The summed E-state index contributed by atoms with van der Waals surface area (Å²) in [5.41, 5.74) is 0.881. The molecule has 2 aromatic carbocycles. The first kappa shape index (κ1) is 24.1. The number of fused-ring (bicyclic) bond motifs is 3. The average molecular weight is 517 g/mol. The van der Waals surface area contributed by atoms with Crippen LogP contribution in [-0.4, -0.2) is 56.8 Å². The lowest BCUT2D eigenvalue weighted by Crippen LogP contribution is -2.32. The van der Waals surface area contributed by atoms with Gasteiger partial charge in [-0.3, -0.25) is 4.72 Å². The van der Waals surface area contributed by atoms with E-state index in [4.69, 9.17) is 9.47 Å². The predicted octanol–water partition coefficient (Wildman–Crippen LogP) is 4.06. The van der Waals surface area contributed by atoms with E-state index in [2.05, 4.69) is 4.72 Å². The Bertz CT molecular complexity index is 1370. The minimum Gasteiger partial charge on any atom is -0.492 e. The first-order chi connectivity index (χ1) is 17.2. The molecular weight excluding hydrogens is 491 g/mol. The molecule has 2 heterocycles. The number of nitrogens with one attached hydrogen (secondary N) is 1. The van der Waals surface area contributed by atoms with Crippen LogP contribution in [0.3, 0.4) is 0 Å². The number of carbonyl (C=O) groups is 2. The Hall–Kier alpha value is -3.60. The zero-order valence-electron chi connectivity index (χ0n) is 19.4. The summed E-state index contributed by atoms with van der Waals surface area (Å²) in [6, 6.07) is 6.03. The van der Waals surface area contributed by atoms with Gasteiger partial charge >= 0.3 is 12.1 Å². The van der Waals surface area contributed by atoms with Crippen molar-refractivity contribution in [2.75, 3.05) is 25.0 Å². The third kappa shape index (κ3) is 4.39. The van der Waals surface area contributed by atoms with Crippen molar-refractivity contribution in [1.82, 2.24) is 4.90 Å². The predicted molar refractivity (Wildman–Crippen MR) is 128 cm³/mol. The van der Waals surface area contributed by atoms with Crippen molar-refractivity contribution in [2.45, 2.75) is 36.1 Å². The van der Waals surface area contributed by atoms with Crippen molar-refractivity contribution in [2.24, 2.45) is 5.92 Å². The molecule has 36 heavy (non-hydrogen) atoms. The molecule has 1 unspecified atom stereocenters. The van der Waals surface area contributed by atoms with E-state index in [9.17, 15) is 27.5 Å². The Morgan fingerprint density at radius 3 is 2.83 bits per heavy atom. The van der Waals surface area contributed by atoms with E-state index in [0.29, 0.717) is 37.7 Å². The fourth-order valence-corrected chi connectivity index (χ4v) is 6.23. The molecule has 1 amide bonds. The molecule has 1 saturated carbocycles. The van der Waals surface area contributed by atoms with E-state index in [-0.39, 0.29) is 27.6 Å². The number of benzene rings is 2. The third-order valence-electron chi connectivity index (χ3n) is 6.89. The van der Waals surface area contributed by atoms with Gasteiger partial charge in [0.15, 0.2) is 0 Å². The number of methoxy groups -OCH3 is 1. The molecule has 1 saturated heterocycles. The molecule has 190 valence electrons. The number of esters is 1. The SMILES string of the molecule is COC(=O)c1c(NS(=O)(=O)c2ccc(F)cc2C=CC2CCCN2C(=O)O)ccc2c1OC[C@@H]1C[C@H]21. The lowest BCUT2D eigenvalue weighted by atomic mass is 10.0. The maximum absolute atomic E-state index is 14.1. The standard InChI is InChI=1S/C25H25FN2O7S/c1-34-24(29)22-20(8-7-18-19-12-15(19)13-35-23(18)22)27-36(32,33)21-9-5-16(26)11-14(21)4-6-17-3-2-10-28(17)25(30)31/h4-9,11,15,17,19,27H,2-3,10,12-13H2,1H3,(H,30,31)/t15-,17?,19-/m0/s1. The topological polar surface area (TPSA) is 122 Å². The fourth-order valence-electron chi connectivity index (χ4n) is 4.98. The zero-order chi connectivity index (χ0) is 25.6. The second-order valence-corrected chi connectivity index (χ2v) is 10.8. The van der Waals surface area contributed by atoms with E-state index in [1.807, 2.05) is 0 Å². The quantitative estimate of drug-likeness (QED) is 0.555. The number of sulfonamides is 1.